The van der Waals surface area contributed by atoms with Crippen LogP contribution in [0.3, 0.4) is 0 Å². The molecule has 1 heterocycles. The lowest BCUT2D eigenvalue weighted by molar-refractivity contribution is 0.203. The molecule has 0 aliphatic carbocycles. The summed E-state index contributed by atoms with van der Waals surface area (Å²) in [5.74, 6) is 2.40. The van der Waals surface area contributed by atoms with E-state index in [-0.39, 0.29) is 24.0 Å². The second kappa shape index (κ2) is 11.3. The van der Waals surface area contributed by atoms with Crippen molar-refractivity contribution in [2.75, 3.05) is 20.3 Å². The van der Waals surface area contributed by atoms with Crippen LogP contribution in [0.25, 0.3) is 0 Å². The summed E-state index contributed by atoms with van der Waals surface area (Å²) in [6.45, 7) is 4.24. The van der Waals surface area contributed by atoms with E-state index in [1.54, 1.807) is 7.11 Å². The van der Waals surface area contributed by atoms with E-state index in [1.807, 2.05) is 42.8 Å². The van der Waals surface area contributed by atoms with Gasteiger partial charge in [-0.25, -0.2) is 4.99 Å². The zero-order chi connectivity index (χ0) is 17.4. The van der Waals surface area contributed by atoms with E-state index in [9.17, 15) is 0 Å². The third-order valence-electron chi connectivity index (χ3n) is 3.50. The first-order chi connectivity index (χ1) is 11.6. The fourth-order valence-corrected chi connectivity index (χ4v) is 2.23. The molecule has 2 rings (SSSR count). The lowest BCUT2D eigenvalue weighted by atomic mass is 10.2. The number of methoxy groups -OCH3 is 1. The number of nitrogens with one attached hydrogen (secondary N) is 2. The van der Waals surface area contributed by atoms with Crippen LogP contribution >= 0.6 is 35.6 Å². The highest BCUT2D eigenvalue weighted by molar-refractivity contribution is 14.0. The Kier molecular flexibility index (Phi) is 9.76. The molecule has 0 radical (unpaired) electrons. The number of halogens is 2. The first-order valence-electron chi connectivity index (χ1n) is 7.70. The lowest BCUT2D eigenvalue weighted by Crippen LogP contribution is -2.39. The van der Waals surface area contributed by atoms with Crippen molar-refractivity contribution >= 4 is 41.5 Å². The van der Waals surface area contributed by atoms with Gasteiger partial charge in [-0.05, 0) is 24.6 Å². The molecule has 0 atom stereocenters. The molecule has 0 aliphatic rings. The highest BCUT2D eigenvalue weighted by Crippen LogP contribution is 2.11. The summed E-state index contributed by atoms with van der Waals surface area (Å²) < 4.78 is 7.01. The van der Waals surface area contributed by atoms with Gasteiger partial charge >= 0.3 is 0 Å². The quantitative estimate of drug-likeness (QED) is 0.276. The van der Waals surface area contributed by atoms with Crippen LogP contribution in [-0.4, -0.2) is 41.0 Å². The number of benzene rings is 1. The molecule has 0 fully saturated rings. The number of hydrogen-bond acceptors (Lipinski definition) is 4. The monoisotopic (exact) mass is 478 g/mol. The molecule has 0 spiro atoms. The SMILES string of the molecule is COCCNC(=NCc1cccc(Cl)c1)NCc1nnc(C)n1C.I. The van der Waals surface area contributed by atoms with Gasteiger partial charge in [0, 0.05) is 25.7 Å². The second-order valence-corrected chi connectivity index (χ2v) is 5.73. The average molecular weight is 479 g/mol. The number of aryl methyl sites for hydroxylation is 1. The summed E-state index contributed by atoms with van der Waals surface area (Å²) in [4.78, 5) is 4.58. The van der Waals surface area contributed by atoms with E-state index >= 15 is 0 Å². The zero-order valence-corrected chi connectivity index (χ0v) is 17.7. The van der Waals surface area contributed by atoms with Crippen LogP contribution < -0.4 is 10.6 Å². The molecule has 0 aliphatic heterocycles. The Labute approximate surface area is 170 Å². The third-order valence-corrected chi connectivity index (χ3v) is 3.74. The van der Waals surface area contributed by atoms with Crippen molar-refractivity contribution in [2.45, 2.75) is 20.0 Å². The fourth-order valence-electron chi connectivity index (χ4n) is 2.02. The van der Waals surface area contributed by atoms with Gasteiger partial charge in [0.1, 0.15) is 5.82 Å². The first kappa shape index (κ1) is 21.7. The molecule has 9 heteroatoms. The maximum atomic E-state index is 6.01. The Bertz CT molecular complexity index is 691. The fraction of sp³-hybridized carbons (Fsp3) is 0.438. The van der Waals surface area contributed by atoms with Crippen LogP contribution in [0.4, 0.5) is 0 Å². The van der Waals surface area contributed by atoms with Crippen molar-refractivity contribution in [3.05, 3.63) is 46.5 Å². The van der Waals surface area contributed by atoms with Crippen LogP contribution in [0.1, 0.15) is 17.2 Å². The zero-order valence-electron chi connectivity index (χ0n) is 14.6. The summed E-state index contributed by atoms with van der Waals surface area (Å²) >= 11 is 6.01. The molecule has 1 aromatic heterocycles. The molecule has 0 saturated heterocycles. The van der Waals surface area contributed by atoms with E-state index in [1.165, 1.54) is 0 Å². The molecule has 138 valence electrons. The van der Waals surface area contributed by atoms with Gasteiger partial charge in [-0.2, -0.15) is 0 Å². The minimum atomic E-state index is 0. The van der Waals surface area contributed by atoms with Crippen LogP contribution in [0.15, 0.2) is 29.3 Å². The first-order valence-corrected chi connectivity index (χ1v) is 8.08. The van der Waals surface area contributed by atoms with Crippen LogP contribution in [0.5, 0.6) is 0 Å². The van der Waals surface area contributed by atoms with Crippen molar-refractivity contribution in [1.82, 2.24) is 25.4 Å². The highest BCUT2D eigenvalue weighted by Gasteiger charge is 2.06. The van der Waals surface area contributed by atoms with Gasteiger partial charge in [-0.15, -0.1) is 34.2 Å². The van der Waals surface area contributed by atoms with Crippen LogP contribution in [-0.2, 0) is 24.9 Å². The smallest absolute Gasteiger partial charge is 0.192 e. The summed E-state index contributed by atoms with van der Waals surface area (Å²) in [6.07, 6.45) is 0. The molecule has 7 nitrogen and oxygen atoms in total. The summed E-state index contributed by atoms with van der Waals surface area (Å²) in [6, 6.07) is 7.67. The van der Waals surface area contributed by atoms with Crippen LogP contribution in [0, 0.1) is 6.92 Å². The predicted molar refractivity (Wildman–Crippen MR) is 110 cm³/mol. The van der Waals surface area contributed by atoms with E-state index in [0.717, 1.165) is 17.2 Å². The summed E-state index contributed by atoms with van der Waals surface area (Å²) in [5.41, 5.74) is 1.05. The summed E-state index contributed by atoms with van der Waals surface area (Å²) in [7, 11) is 3.60. The molecule has 2 aromatic rings. The molecule has 2 N–H and O–H groups in total. The number of ether oxygens (including phenoxy) is 1. The molecule has 0 amide bonds. The number of aromatic nitrogens is 3. The minimum absolute atomic E-state index is 0. The maximum Gasteiger partial charge on any atom is 0.192 e. The standard InChI is InChI=1S/C16H23ClN6O.HI/c1-12-21-22-15(23(12)2)11-20-16(18-7-8-24-3)19-10-13-5-4-6-14(17)9-13;/h4-6,9H,7-8,10-11H2,1-3H3,(H2,18,19,20);1H. The number of guanidine groups is 1. The van der Waals surface area contributed by atoms with Gasteiger partial charge in [0.05, 0.1) is 19.7 Å². The molecular formula is C16H24ClIN6O. The van der Waals surface area contributed by atoms with Crippen molar-refractivity contribution in [3.8, 4) is 0 Å². The molecule has 1 aromatic carbocycles. The van der Waals surface area contributed by atoms with E-state index in [4.69, 9.17) is 16.3 Å². The number of rotatable bonds is 7. The molecule has 25 heavy (non-hydrogen) atoms. The number of hydrogen-bond donors (Lipinski definition) is 2. The number of aliphatic imine (C=N–C) groups is 1. The minimum Gasteiger partial charge on any atom is -0.383 e. The largest absolute Gasteiger partial charge is 0.383 e. The Hall–Kier alpha value is -1.39. The predicted octanol–water partition coefficient (Wildman–Crippen LogP) is 2.28. The van der Waals surface area contributed by atoms with Crippen molar-refractivity contribution in [3.63, 3.8) is 0 Å². The molecule has 0 unspecified atom stereocenters. The Morgan fingerprint density at radius 2 is 2.12 bits per heavy atom. The van der Waals surface area contributed by atoms with E-state index in [0.29, 0.717) is 37.2 Å². The molecular weight excluding hydrogens is 455 g/mol. The van der Waals surface area contributed by atoms with E-state index in [2.05, 4.69) is 25.8 Å². The molecule has 0 bridgehead atoms. The Morgan fingerprint density at radius 1 is 1.32 bits per heavy atom. The third kappa shape index (κ3) is 7.17. The van der Waals surface area contributed by atoms with Crippen molar-refractivity contribution in [2.24, 2.45) is 12.0 Å². The average Bonchev–Trinajstić information content (AvgIpc) is 2.89. The van der Waals surface area contributed by atoms with Gasteiger partial charge in [0.25, 0.3) is 0 Å². The Balaban J connectivity index is 0.00000312. The Morgan fingerprint density at radius 3 is 2.76 bits per heavy atom. The lowest BCUT2D eigenvalue weighted by Gasteiger charge is -2.12. The maximum absolute atomic E-state index is 6.01. The topological polar surface area (TPSA) is 76.4 Å². The molecule has 0 saturated carbocycles. The van der Waals surface area contributed by atoms with Crippen molar-refractivity contribution < 1.29 is 4.74 Å². The van der Waals surface area contributed by atoms with Gasteiger partial charge in [-0.1, -0.05) is 23.7 Å². The van der Waals surface area contributed by atoms with Gasteiger partial charge in [-0.3, -0.25) is 0 Å². The normalized spacial score (nSPS) is 11.1. The van der Waals surface area contributed by atoms with Gasteiger partial charge in [0.15, 0.2) is 11.8 Å². The highest BCUT2D eigenvalue weighted by atomic mass is 127. The second-order valence-electron chi connectivity index (χ2n) is 5.29. The number of nitrogens with zero attached hydrogens (tertiary/aromatic N) is 4. The van der Waals surface area contributed by atoms with Gasteiger partial charge < -0.3 is 19.9 Å². The van der Waals surface area contributed by atoms with Crippen LogP contribution in [0.2, 0.25) is 5.02 Å². The van der Waals surface area contributed by atoms with E-state index < -0.39 is 0 Å². The van der Waals surface area contributed by atoms with Gasteiger partial charge in [0.2, 0.25) is 0 Å². The summed E-state index contributed by atoms with van der Waals surface area (Å²) in [5, 5.41) is 15.4. The van der Waals surface area contributed by atoms with Crippen molar-refractivity contribution in [1.29, 1.82) is 0 Å².